The number of hydrogen-bond donors (Lipinski definition) is 0. The molecule has 17 heavy (non-hydrogen) atoms. The fourth-order valence-electron chi connectivity index (χ4n) is 2.22. The van der Waals surface area contributed by atoms with Crippen molar-refractivity contribution < 1.29 is 9.53 Å². The topological polar surface area (TPSA) is 29.5 Å². The Kier molecular flexibility index (Phi) is 3.04. The lowest BCUT2D eigenvalue weighted by molar-refractivity contribution is -0.120. The molecule has 1 aliphatic rings. The van der Waals surface area contributed by atoms with Crippen molar-refractivity contribution >= 4 is 23.1 Å². The maximum atomic E-state index is 11.8. The number of ether oxygens (including phenoxy) is 1. The van der Waals surface area contributed by atoms with Gasteiger partial charge < -0.3 is 9.64 Å². The summed E-state index contributed by atoms with van der Waals surface area (Å²) in [6.07, 6.45) is 0.594. The van der Waals surface area contributed by atoms with Gasteiger partial charge in [0.05, 0.1) is 17.7 Å². The molecule has 1 heterocycles. The van der Waals surface area contributed by atoms with Crippen LogP contribution in [0.15, 0.2) is 18.2 Å². The zero-order valence-corrected chi connectivity index (χ0v) is 11.0. The Hall–Kier alpha value is -1.22. The standard InChI is InChI=1S/C13H16ClNO2/c1-13(2)12(16)6-7-15(13)9-4-5-11(17-3)10(14)8-9/h4-5,8H,6-7H2,1-3H3. The van der Waals surface area contributed by atoms with Crippen LogP contribution in [0.1, 0.15) is 20.3 Å². The van der Waals surface area contributed by atoms with E-state index in [1.807, 2.05) is 32.0 Å². The maximum Gasteiger partial charge on any atom is 0.159 e. The van der Waals surface area contributed by atoms with Gasteiger partial charge in [0.25, 0.3) is 0 Å². The second-order valence-corrected chi connectivity index (χ2v) is 5.11. The van der Waals surface area contributed by atoms with Crippen LogP contribution in [0, 0.1) is 0 Å². The Bertz CT molecular complexity index is 457. The first kappa shape index (κ1) is 12.2. The van der Waals surface area contributed by atoms with Crippen LogP contribution in [0.2, 0.25) is 5.02 Å². The largest absolute Gasteiger partial charge is 0.495 e. The molecule has 0 unspecified atom stereocenters. The number of benzene rings is 1. The highest BCUT2D eigenvalue weighted by Gasteiger charge is 2.40. The van der Waals surface area contributed by atoms with E-state index in [1.54, 1.807) is 7.11 Å². The molecule has 2 rings (SSSR count). The van der Waals surface area contributed by atoms with Crippen molar-refractivity contribution in [3.05, 3.63) is 23.2 Å². The SMILES string of the molecule is COc1ccc(N2CCC(=O)C2(C)C)cc1Cl. The predicted molar refractivity (Wildman–Crippen MR) is 69.1 cm³/mol. The summed E-state index contributed by atoms with van der Waals surface area (Å²) in [4.78, 5) is 13.9. The molecule has 0 bridgehead atoms. The van der Waals surface area contributed by atoms with E-state index >= 15 is 0 Å². The molecule has 0 radical (unpaired) electrons. The molecule has 1 aromatic rings. The molecule has 3 nitrogen and oxygen atoms in total. The lowest BCUT2D eigenvalue weighted by atomic mass is 10.00. The third kappa shape index (κ3) is 2.00. The number of anilines is 1. The molecule has 0 saturated carbocycles. The van der Waals surface area contributed by atoms with Crippen LogP contribution in [0.25, 0.3) is 0 Å². The van der Waals surface area contributed by atoms with Gasteiger partial charge in [-0.1, -0.05) is 11.6 Å². The van der Waals surface area contributed by atoms with Gasteiger partial charge in [-0.3, -0.25) is 4.79 Å². The fourth-order valence-corrected chi connectivity index (χ4v) is 2.48. The molecule has 0 aromatic heterocycles. The fraction of sp³-hybridized carbons (Fsp3) is 0.462. The summed E-state index contributed by atoms with van der Waals surface area (Å²) in [6, 6.07) is 5.61. The Morgan fingerprint density at radius 2 is 2.12 bits per heavy atom. The summed E-state index contributed by atoms with van der Waals surface area (Å²) in [5.74, 6) is 0.920. The highest BCUT2D eigenvalue weighted by Crippen LogP contribution is 2.35. The van der Waals surface area contributed by atoms with Crippen molar-refractivity contribution in [2.75, 3.05) is 18.6 Å². The number of Topliss-reactive ketones (excluding diaryl/α,β-unsaturated/α-hetero) is 1. The number of methoxy groups -OCH3 is 1. The second-order valence-electron chi connectivity index (χ2n) is 4.70. The number of carbonyl (C=O) groups excluding carboxylic acids is 1. The van der Waals surface area contributed by atoms with E-state index in [0.717, 1.165) is 12.2 Å². The summed E-state index contributed by atoms with van der Waals surface area (Å²) in [6.45, 7) is 4.63. The molecule has 0 spiro atoms. The van der Waals surface area contributed by atoms with Gasteiger partial charge in [0, 0.05) is 18.7 Å². The number of rotatable bonds is 2. The average Bonchev–Trinajstić information content (AvgIpc) is 2.54. The van der Waals surface area contributed by atoms with Gasteiger partial charge >= 0.3 is 0 Å². The number of halogens is 1. The third-order valence-corrected chi connectivity index (χ3v) is 3.66. The minimum absolute atomic E-state index is 0.268. The van der Waals surface area contributed by atoms with Crippen LogP contribution in [-0.4, -0.2) is 25.0 Å². The summed E-state index contributed by atoms with van der Waals surface area (Å²) < 4.78 is 5.12. The molecule has 1 saturated heterocycles. The molecule has 1 aliphatic heterocycles. The van der Waals surface area contributed by atoms with Gasteiger partial charge in [0.2, 0.25) is 0 Å². The molecule has 0 aliphatic carbocycles. The van der Waals surface area contributed by atoms with Crippen LogP contribution < -0.4 is 9.64 Å². The van der Waals surface area contributed by atoms with Gasteiger partial charge in [0.15, 0.2) is 5.78 Å². The predicted octanol–water partition coefficient (Wildman–Crippen LogP) is 2.91. The number of hydrogen-bond acceptors (Lipinski definition) is 3. The molecule has 0 atom stereocenters. The van der Waals surface area contributed by atoms with Gasteiger partial charge in [-0.15, -0.1) is 0 Å². The molecule has 92 valence electrons. The summed E-state index contributed by atoms with van der Waals surface area (Å²) >= 11 is 6.10. The van der Waals surface area contributed by atoms with E-state index < -0.39 is 5.54 Å². The monoisotopic (exact) mass is 253 g/mol. The van der Waals surface area contributed by atoms with Gasteiger partial charge in [-0.25, -0.2) is 0 Å². The van der Waals surface area contributed by atoms with E-state index in [4.69, 9.17) is 16.3 Å². The van der Waals surface area contributed by atoms with Crippen LogP contribution in [0.3, 0.4) is 0 Å². The summed E-state index contributed by atoms with van der Waals surface area (Å²) in [5, 5.41) is 0.570. The van der Waals surface area contributed by atoms with Gasteiger partial charge in [-0.05, 0) is 32.0 Å². The first-order valence-corrected chi connectivity index (χ1v) is 5.99. The first-order valence-electron chi connectivity index (χ1n) is 5.61. The van der Waals surface area contributed by atoms with E-state index in [9.17, 15) is 4.79 Å². The van der Waals surface area contributed by atoms with Crippen LogP contribution >= 0.6 is 11.6 Å². The highest BCUT2D eigenvalue weighted by atomic mass is 35.5. The molecule has 1 aromatic carbocycles. The minimum Gasteiger partial charge on any atom is -0.495 e. The quantitative estimate of drug-likeness (QED) is 0.812. The molecule has 4 heteroatoms. The lowest BCUT2D eigenvalue weighted by Gasteiger charge is -2.32. The zero-order chi connectivity index (χ0) is 12.6. The number of carbonyl (C=O) groups is 1. The molecule has 0 amide bonds. The minimum atomic E-state index is -0.447. The average molecular weight is 254 g/mol. The Balaban J connectivity index is 2.36. The normalized spacial score (nSPS) is 18.6. The second kappa shape index (κ2) is 4.22. The van der Waals surface area contributed by atoms with Crippen molar-refractivity contribution in [2.45, 2.75) is 25.8 Å². The van der Waals surface area contributed by atoms with E-state index in [2.05, 4.69) is 4.90 Å². The number of ketones is 1. The molecular weight excluding hydrogens is 238 g/mol. The summed E-state index contributed by atoms with van der Waals surface area (Å²) in [5.41, 5.74) is 0.518. The smallest absolute Gasteiger partial charge is 0.159 e. The first-order chi connectivity index (χ1) is 7.96. The third-order valence-electron chi connectivity index (χ3n) is 3.37. The van der Waals surface area contributed by atoms with Crippen molar-refractivity contribution in [3.8, 4) is 5.75 Å². The van der Waals surface area contributed by atoms with Crippen molar-refractivity contribution in [3.63, 3.8) is 0 Å². The van der Waals surface area contributed by atoms with Crippen LogP contribution in [0.4, 0.5) is 5.69 Å². The Labute approximate surface area is 106 Å². The van der Waals surface area contributed by atoms with Gasteiger partial charge in [-0.2, -0.15) is 0 Å². The Morgan fingerprint density at radius 3 is 2.59 bits per heavy atom. The van der Waals surface area contributed by atoms with Crippen LogP contribution in [0.5, 0.6) is 5.75 Å². The maximum absolute atomic E-state index is 11.8. The zero-order valence-electron chi connectivity index (χ0n) is 10.3. The molecular formula is C13H16ClNO2. The molecule has 0 N–H and O–H groups in total. The van der Waals surface area contributed by atoms with E-state index in [0.29, 0.717) is 17.2 Å². The van der Waals surface area contributed by atoms with Crippen LogP contribution in [-0.2, 0) is 4.79 Å². The molecule has 1 fully saturated rings. The van der Waals surface area contributed by atoms with Gasteiger partial charge in [0.1, 0.15) is 5.75 Å². The van der Waals surface area contributed by atoms with Crippen molar-refractivity contribution in [1.82, 2.24) is 0 Å². The Morgan fingerprint density at radius 1 is 1.41 bits per heavy atom. The van der Waals surface area contributed by atoms with E-state index in [-0.39, 0.29) is 5.78 Å². The van der Waals surface area contributed by atoms with Crippen molar-refractivity contribution in [1.29, 1.82) is 0 Å². The van der Waals surface area contributed by atoms with E-state index in [1.165, 1.54) is 0 Å². The van der Waals surface area contributed by atoms with Crippen molar-refractivity contribution in [2.24, 2.45) is 0 Å². The summed E-state index contributed by atoms with van der Waals surface area (Å²) in [7, 11) is 1.59. The lowest BCUT2D eigenvalue weighted by Crippen LogP contribution is -2.42. The number of nitrogens with zero attached hydrogens (tertiary/aromatic N) is 1. The highest BCUT2D eigenvalue weighted by molar-refractivity contribution is 6.32.